The van der Waals surface area contributed by atoms with E-state index in [9.17, 15) is 9.90 Å². The van der Waals surface area contributed by atoms with Crippen LogP contribution in [0.2, 0.25) is 0 Å². The molecule has 1 atom stereocenters. The zero-order valence-electron chi connectivity index (χ0n) is 12.4. The van der Waals surface area contributed by atoms with Crippen molar-refractivity contribution in [3.63, 3.8) is 0 Å². The van der Waals surface area contributed by atoms with E-state index < -0.39 is 5.60 Å². The third-order valence-electron chi connectivity index (χ3n) is 3.90. The average molecular weight is 291 g/mol. The topological polar surface area (TPSA) is 49.3 Å². The summed E-state index contributed by atoms with van der Waals surface area (Å²) in [6.45, 7) is 7.86. The summed E-state index contributed by atoms with van der Waals surface area (Å²) in [5.41, 5.74) is 0.118. The maximum absolute atomic E-state index is 12.3. The second kappa shape index (κ2) is 5.54. The van der Waals surface area contributed by atoms with Crippen LogP contribution in [0.1, 0.15) is 36.0 Å². The zero-order chi connectivity index (χ0) is 14.9. The molecule has 108 valence electrons. The van der Waals surface area contributed by atoms with E-state index in [0.717, 1.165) is 20.5 Å². The van der Waals surface area contributed by atoms with Gasteiger partial charge in [-0.15, -0.1) is 11.3 Å². The zero-order valence-corrected chi connectivity index (χ0v) is 13.2. The van der Waals surface area contributed by atoms with Crippen molar-refractivity contribution < 1.29 is 9.90 Å². The van der Waals surface area contributed by atoms with Crippen LogP contribution in [0, 0.1) is 12.8 Å². The molecule has 1 aromatic carbocycles. The van der Waals surface area contributed by atoms with E-state index in [2.05, 4.69) is 5.32 Å². The van der Waals surface area contributed by atoms with Crippen LogP contribution in [0.3, 0.4) is 0 Å². The summed E-state index contributed by atoms with van der Waals surface area (Å²) in [6.07, 6.45) is 0. The Bertz CT molecular complexity index is 628. The minimum absolute atomic E-state index is 0.0892. The molecule has 2 rings (SSSR count). The third-order valence-corrected chi connectivity index (χ3v) is 5.17. The Hall–Kier alpha value is -1.39. The van der Waals surface area contributed by atoms with Crippen LogP contribution in [0.4, 0.5) is 0 Å². The lowest BCUT2D eigenvalue weighted by Crippen LogP contribution is -2.44. The number of aliphatic hydroxyl groups is 1. The Labute approximate surface area is 123 Å². The average Bonchev–Trinajstić information content (AvgIpc) is 2.74. The molecular formula is C16H21NO2S. The van der Waals surface area contributed by atoms with Gasteiger partial charge in [0.1, 0.15) is 0 Å². The molecule has 0 saturated carbocycles. The smallest absolute Gasteiger partial charge is 0.261 e. The van der Waals surface area contributed by atoms with Crippen molar-refractivity contribution in [1.82, 2.24) is 5.32 Å². The van der Waals surface area contributed by atoms with Gasteiger partial charge in [-0.05, 0) is 36.8 Å². The number of rotatable bonds is 4. The summed E-state index contributed by atoms with van der Waals surface area (Å²) < 4.78 is 1.12. The van der Waals surface area contributed by atoms with Gasteiger partial charge in [0.15, 0.2) is 0 Å². The molecule has 1 aromatic heterocycles. The summed E-state index contributed by atoms with van der Waals surface area (Å²) in [6, 6.07) is 8.01. The number of thiophene rings is 1. The molecule has 1 amide bonds. The van der Waals surface area contributed by atoms with Gasteiger partial charge in [-0.2, -0.15) is 0 Å². The molecule has 20 heavy (non-hydrogen) atoms. The molecule has 3 nitrogen and oxygen atoms in total. The number of fused-ring (bicyclic) bond motifs is 1. The van der Waals surface area contributed by atoms with Crippen molar-refractivity contribution in [3.05, 3.63) is 34.7 Å². The van der Waals surface area contributed by atoms with E-state index in [0.29, 0.717) is 0 Å². The largest absolute Gasteiger partial charge is 0.388 e. The van der Waals surface area contributed by atoms with Crippen molar-refractivity contribution >= 4 is 27.3 Å². The van der Waals surface area contributed by atoms with Gasteiger partial charge in [0.05, 0.1) is 10.5 Å². The second-order valence-corrected chi connectivity index (χ2v) is 6.80. The van der Waals surface area contributed by atoms with Gasteiger partial charge in [-0.1, -0.05) is 32.0 Å². The van der Waals surface area contributed by atoms with Gasteiger partial charge < -0.3 is 10.4 Å². The van der Waals surface area contributed by atoms with E-state index in [4.69, 9.17) is 0 Å². The predicted molar refractivity (Wildman–Crippen MR) is 84.4 cm³/mol. The Kier molecular flexibility index (Phi) is 4.16. The number of nitrogens with one attached hydrogen (secondary N) is 1. The quantitative estimate of drug-likeness (QED) is 0.907. The maximum atomic E-state index is 12.3. The number of aryl methyl sites for hydroxylation is 1. The fourth-order valence-electron chi connectivity index (χ4n) is 1.93. The highest BCUT2D eigenvalue weighted by atomic mass is 32.1. The van der Waals surface area contributed by atoms with Gasteiger partial charge in [-0.3, -0.25) is 4.79 Å². The number of carbonyl (C=O) groups excluding carboxylic acids is 1. The summed E-state index contributed by atoms with van der Waals surface area (Å²) in [4.78, 5) is 13.0. The lowest BCUT2D eigenvalue weighted by molar-refractivity contribution is 0.0143. The number of hydrogen-bond donors (Lipinski definition) is 2. The summed E-state index contributed by atoms with van der Waals surface area (Å²) >= 11 is 1.50. The normalized spacial score (nSPS) is 14.5. The third kappa shape index (κ3) is 2.86. The maximum Gasteiger partial charge on any atom is 0.261 e. The Balaban J connectivity index is 2.18. The first kappa shape index (κ1) is 15.0. The molecule has 0 fully saturated rings. The molecule has 2 N–H and O–H groups in total. The van der Waals surface area contributed by atoms with Gasteiger partial charge >= 0.3 is 0 Å². The highest BCUT2D eigenvalue weighted by Gasteiger charge is 2.26. The van der Waals surface area contributed by atoms with Crippen LogP contribution in [0.25, 0.3) is 10.1 Å². The highest BCUT2D eigenvalue weighted by Crippen LogP contribution is 2.30. The van der Waals surface area contributed by atoms with Crippen LogP contribution in [0.15, 0.2) is 24.3 Å². The molecule has 0 aliphatic heterocycles. The first-order chi connectivity index (χ1) is 9.33. The number of amides is 1. The molecule has 2 aromatic rings. The Morgan fingerprint density at radius 2 is 2.05 bits per heavy atom. The number of carbonyl (C=O) groups is 1. The number of hydrogen-bond acceptors (Lipinski definition) is 3. The molecule has 0 aliphatic rings. The number of benzene rings is 1. The van der Waals surface area contributed by atoms with E-state index in [-0.39, 0.29) is 18.4 Å². The van der Waals surface area contributed by atoms with Crippen molar-refractivity contribution in [2.24, 2.45) is 5.92 Å². The molecule has 1 heterocycles. The van der Waals surface area contributed by atoms with Gasteiger partial charge in [0, 0.05) is 11.2 Å². The van der Waals surface area contributed by atoms with Gasteiger partial charge in [-0.25, -0.2) is 0 Å². The lowest BCUT2D eigenvalue weighted by atomic mass is 9.92. The van der Waals surface area contributed by atoms with E-state index in [1.54, 1.807) is 6.92 Å². The van der Waals surface area contributed by atoms with Crippen molar-refractivity contribution in [3.8, 4) is 0 Å². The predicted octanol–water partition coefficient (Wildman–Crippen LogP) is 3.35. The summed E-state index contributed by atoms with van der Waals surface area (Å²) in [5, 5.41) is 14.2. The van der Waals surface area contributed by atoms with Gasteiger partial charge in [0.25, 0.3) is 5.91 Å². The Morgan fingerprint density at radius 3 is 2.65 bits per heavy atom. The summed E-state index contributed by atoms with van der Waals surface area (Å²) in [7, 11) is 0. The molecule has 0 saturated heterocycles. The first-order valence-corrected chi connectivity index (χ1v) is 7.63. The Morgan fingerprint density at radius 1 is 1.40 bits per heavy atom. The van der Waals surface area contributed by atoms with Crippen molar-refractivity contribution in [2.75, 3.05) is 6.54 Å². The standard InChI is InChI=1S/C16H21NO2S/c1-10(2)16(4,19)9-17-15(18)14-11(3)12-7-5-6-8-13(12)20-14/h5-8,10,19H,9H2,1-4H3,(H,17,18). The molecule has 0 spiro atoms. The SMILES string of the molecule is Cc1c(C(=O)NCC(C)(O)C(C)C)sc2ccccc12. The van der Waals surface area contributed by atoms with Gasteiger partial charge in [0.2, 0.25) is 0 Å². The van der Waals surface area contributed by atoms with Crippen LogP contribution in [-0.2, 0) is 0 Å². The highest BCUT2D eigenvalue weighted by molar-refractivity contribution is 7.21. The molecule has 0 aliphatic carbocycles. The second-order valence-electron chi connectivity index (χ2n) is 5.75. The van der Waals surface area contributed by atoms with Crippen LogP contribution in [-0.4, -0.2) is 23.2 Å². The minimum atomic E-state index is -0.889. The molecule has 1 unspecified atom stereocenters. The van der Waals surface area contributed by atoms with Crippen LogP contribution in [0.5, 0.6) is 0 Å². The molecule has 4 heteroatoms. The fraction of sp³-hybridized carbons (Fsp3) is 0.438. The van der Waals surface area contributed by atoms with E-state index >= 15 is 0 Å². The summed E-state index contributed by atoms with van der Waals surface area (Å²) in [5.74, 6) is -0.0177. The molecule has 0 radical (unpaired) electrons. The molecular weight excluding hydrogens is 270 g/mol. The monoisotopic (exact) mass is 291 g/mol. The first-order valence-electron chi connectivity index (χ1n) is 6.81. The minimum Gasteiger partial charge on any atom is -0.388 e. The van der Waals surface area contributed by atoms with Crippen LogP contribution >= 0.6 is 11.3 Å². The molecule has 0 bridgehead atoms. The lowest BCUT2D eigenvalue weighted by Gasteiger charge is -2.27. The fourth-order valence-corrected chi connectivity index (χ4v) is 3.06. The van der Waals surface area contributed by atoms with Crippen molar-refractivity contribution in [2.45, 2.75) is 33.3 Å². The van der Waals surface area contributed by atoms with Crippen LogP contribution < -0.4 is 5.32 Å². The van der Waals surface area contributed by atoms with E-state index in [1.807, 2.05) is 45.0 Å². The van der Waals surface area contributed by atoms with Crippen molar-refractivity contribution in [1.29, 1.82) is 0 Å². The van der Waals surface area contributed by atoms with E-state index in [1.165, 1.54) is 11.3 Å².